The van der Waals surface area contributed by atoms with E-state index in [1.54, 1.807) is 0 Å². The minimum absolute atomic E-state index is 1.07. The van der Waals surface area contributed by atoms with Crippen LogP contribution in [0.1, 0.15) is 11.1 Å². The van der Waals surface area contributed by atoms with Gasteiger partial charge in [0, 0.05) is 17.1 Å². The third-order valence-corrected chi connectivity index (χ3v) is 11.0. The summed E-state index contributed by atoms with van der Waals surface area (Å²) in [5.41, 5.74) is 14.8. The van der Waals surface area contributed by atoms with Crippen LogP contribution in [-0.2, 0) is 0 Å². The first-order valence-electron chi connectivity index (χ1n) is 20.1. The fourth-order valence-electron chi connectivity index (χ4n) is 8.05. The Morgan fingerprint density at radius 2 is 0.797 bits per heavy atom. The van der Waals surface area contributed by atoms with Crippen LogP contribution in [-0.4, -0.2) is 0 Å². The van der Waals surface area contributed by atoms with Crippen molar-refractivity contribution in [2.45, 2.75) is 0 Å². The quantitative estimate of drug-likeness (QED) is 0.0939. The van der Waals surface area contributed by atoms with Crippen molar-refractivity contribution in [1.29, 1.82) is 0 Å². The zero-order valence-electron chi connectivity index (χ0n) is 32.9. The lowest BCUT2D eigenvalue weighted by Crippen LogP contribution is -2.10. The summed E-state index contributed by atoms with van der Waals surface area (Å²) in [6.45, 7) is 7.84. The number of nitrogens with zero attached hydrogens (tertiary/aromatic N) is 1. The van der Waals surface area contributed by atoms with E-state index in [0.29, 0.717) is 0 Å². The Hall–Kier alpha value is -7.74. The molecule has 0 amide bonds. The second-order valence-electron chi connectivity index (χ2n) is 14.7. The summed E-state index contributed by atoms with van der Waals surface area (Å²) in [4.78, 5) is 2.35. The standard InChI is InChI=1S/C58H43N/c1-3-5-16-48-40-57(44-20-11-8-12-21-44)58(41-49(48)17-6-4-2)46-30-35-53(36-31-46)59(54-24-15-23-47(39-54)42-18-9-7-10-19-42)52-33-28-43(29-34-52)50-32-37-56-51(38-50)27-26-45-22-13-14-25-55(45)56/h3-41H,1-2H2/b16-5-,17-6-. The molecule has 0 aliphatic carbocycles. The zero-order chi connectivity index (χ0) is 40.0. The summed E-state index contributed by atoms with van der Waals surface area (Å²) in [7, 11) is 0. The van der Waals surface area contributed by atoms with E-state index >= 15 is 0 Å². The smallest absolute Gasteiger partial charge is 0.0467 e. The molecule has 0 saturated heterocycles. The van der Waals surface area contributed by atoms with Crippen LogP contribution in [0.25, 0.3) is 78.2 Å². The minimum atomic E-state index is 1.07. The largest absolute Gasteiger partial charge is 0.310 e. The monoisotopic (exact) mass is 753 g/mol. The van der Waals surface area contributed by atoms with Crippen LogP contribution in [0.3, 0.4) is 0 Å². The van der Waals surface area contributed by atoms with Gasteiger partial charge >= 0.3 is 0 Å². The molecule has 9 rings (SSSR count). The van der Waals surface area contributed by atoms with Crippen molar-refractivity contribution >= 4 is 50.8 Å². The van der Waals surface area contributed by atoms with Crippen molar-refractivity contribution in [3.63, 3.8) is 0 Å². The lowest BCUT2D eigenvalue weighted by molar-refractivity contribution is 1.28. The first kappa shape index (κ1) is 36.9. The molecule has 0 saturated carbocycles. The Morgan fingerprint density at radius 1 is 0.322 bits per heavy atom. The van der Waals surface area contributed by atoms with Crippen molar-refractivity contribution in [2.75, 3.05) is 4.90 Å². The van der Waals surface area contributed by atoms with Gasteiger partial charge in [0.05, 0.1) is 0 Å². The first-order chi connectivity index (χ1) is 29.2. The van der Waals surface area contributed by atoms with Crippen LogP contribution in [0.4, 0.5) is 17.1 Å². The third kappa shape index (κ3) is 7.70. The maximum atomic E-state index is 3.93. The second-order valence-corrected chi connectivity index (χ2v) is 14.7. The summed E-state index contributed by atoms with van der Waals surface area (Å²) in [6, 6.07) is 72.4. The molecule has 0 fully saturated rings. The highest BCUT2D eigenvalue weighted by Gasteiger charge is 2.17. The lowest BCUT2D eigenvalue weighted by atomic mass is 9.89. The Bertz CT molecular complexity index is 2990. The van der Waals surface area contributed by atoms with Crippen molar-refractivity contribution in [2.24, 2.45) is 0 Å². The molecule has 0 radical (unpaired) electrons. The molecule has 0 heterocycles. The molecule has 1 heteroatoms. The van der Waals surface area contributed by atoms with E-state index in [2.05, 4.69) is 230 Å². The van der Waals surface area contributed by atoms with Gasteiger partial charge in [-0.05, 0) is 132 Å². The van der Waals surface area contributed by atoms with E-state index in [1.807, 2.05) is 24.3 Å². The summed E-state index contributed by atoms with van der Waals surface area (Å²) < 4.78 is 0. The van der Waals surface area contributed by atoms with Crippen LogP contribution >= 0.6 is 0 Å². The number of allylic oxidation sites excluding steroid dienone is 4. The summed E-state index contributed by atoms with van der Waals surface area (Å²) >= 11 is 0. The Morgan fingerprint density at radius 3 is 1.44 bits per heavy atom. The van der Waals surface area contributed by atoms with E-state index in [9.17, 15) is 0 Å². The van der Waals surface area contributed by atoms with Gasteiger partial charge in [-0.1, -0.05) is 195 Å². The molecular weight excluding hydrogens is 711 g/mol. The Balaban J connectivity index is 1.13. The Kier molecular flexibility index (Phi) is 10.5. The van der Waals surface area contributed by atoms with Gasteiger partial charge in [-0.25, -0.2) is 0 Å². The number of hydrogen-bond acceptors (Lipinski definition) is 1. The van der Waals surface area contributed by atoms with Gasteiger partial charge in [-0.15, -0.1) is 0 Å². The van der Waals surface area contributed by atoms with Gasteiger partial charge in [0.1, 0.15) is 0 Å². The number of fused-ring (bicyclic) bond motifs is 3. The van der Waals surface area contributed by atoms with Crippen LogP contribution in [0.15, 0.2) is 238 Å². The SMILES string of the molecule is C=C/C=C\c1cc(-c2ccccc2)c(-c2ccc(N(c3ccc(-c4ccc5c(ccc6ccccc65)c4)cc3)c3cccc(-c4ccccc4)c3)cc2)cc1/C=C\C=C. The number of anilines is 3. The van der Waals surface area contributed by atoms with Crippen LogP contribution in [0.5, 0.6) is 0 Å². The van der Waals surface area contributed by atoms with Crippen molar-refractivity contribution < 1.29 is 0 Å². The highest BCUT2D eigenvalue weighted by atomic mass is 15.1. The molecule has 9 aromatic rings. The third-order valence-electron chi connectivity index (χ3n) is 11.0. The van der Waals surface area contributed by atoms with Crippen molar-refractivity contribution in [1.82, 2.24) is 0 Å². The van der Waals surface area contributed by atoms with Crippen molar-refractivity contribution in [3.8, 4) is 44.5 Å². The minimum Gasteiger partial charge on any atom is -0.310 e. The summed E-state index contributed by atoms with van der Waals surface area (Å²) in [5.74, 6) is 0. The summed E-state index contributed by atoms with van der Waals surface area (Å²) in [5, 5.41) is 5.06. The highest BCUT2D eigenvalue weighted by molar-refractivity contribution is 6.08. The topological polar surface area (TPSA) is 3.24 Å². The fourth-order valence-corrected chi connectivity index (χ4v) is 8.05. The Labute approximate surface area is 347 Å². The molecule has 0 N–H and O–H groups in total. The zero-order valence-corrected chi connectivity index (χ0v) is 32.9. The summed E-state index contributed by atoms with van der Waals surface area (Å²) in [6.07, 6.45) is 11.8. The molecule has 9 aromatic carbocycles. The second kappa shape index (κ2) is 16.8. The molecule has 280 valence electrons. The molecule has 0 bridgehead atoms. The van der Waals surface area contributed by atoms with Gasteiger partial charge in [0.2, 0.25) is 0 Å². The van der Waals surface area contributed by atoms with E-state index in [1.165, 1.54) is 54.9 Å². The molecule has 0 aliphatic heterocycles. The van der Waals surface area contributed by atoms with E-state index in [0.717, 1.165) is 39.3 Å². The average molecular weight is 754 g/mol. The molecule has 0 aliphatic rings. The highest BCUT2D eigenvalue weighted by Crippen LogP contribution is 2.41. The van der Waals surface area contributed by atoms with Gasteiger partial charge in [0.25, 0.3) is 0 Å². The molecule has 0 spiro atoms. The van der Waals surface area contributed by atoms with Gasteiger partial charge in [0.15, 0.2) is 0 Å². The molecule has 0 unspecified atom stereocenters. The normalized spacial score (nSPS) is 11.4. The number of rotatable bonds is 11. The van der Waals surface area contributed by atoms with E-state index in [4.69, 9.17) is 0 Å². The molecule has 59 heavy (non-hydrogen) atoms. The molecule has 0 aromatic heterocycles. The number of hydrogen-bond donors (Lipinski definition) is 0. The maximum absolute atomic E-state index is 3.93. The van der Waals surface area contributed by atoms with Gasteiger partial charge in [-0.3, -0.25) is 0 Å². The molecule has 0 atom stereocenters. The van der Waals surface area contributed by atoms with E-state index in [-0.39, 0.29) is 0 Å². The van der Waals surface area contributed by atoms with Crippen molar-refractivity contribution in [3.05, 3.63) is 249 Å². The first-order valence-corrected chi connectivity index (χ1v) is 20.1. The van der Waals surface area contributed by atoms with Gasteiger partial charge in [-0.2, -0.15) is 0 Å². The van der Waals surface area contributed by atoms with Crippen LogP contribution in [0, 0.1) is 0 Å². The van der Waals surface area contributed by atoms with Gasteiger partial charge < -0.3 is 4.90 Å². The van der Waals surface area contributed by atoms with Crippen LogP contribution < -0.4 is 4.90 Å². The van der Waals surface area contributed by atoms with Crippen LogP contribution in [0.2, 0.25) is 0 Å². The predicted molar refractivity (Wildman–Crippen MR) is 256 cm³/mol. The fraction of sp³-hybridized carbons (Fsp3) is 0. The predicted octanol–water partition coefficient (Wildman–Crippen LogP) is 16.5. The maximum Gasteiger partial charge on any atom is 0.0467 e. The molecular formula is C58H43N. The average Bonchev–Trinajstić information content (AvgIpc) is 3.31. The van der Waals surface area contributed by atoms with E-state index < -0.39 is 0 Å². The lowest BCUT2D eigenvalue weighted by Gasteiger charge is -2.26. The number of benzene rings is 9. The molecule has 1 nitrogen and oxygen atoms in total.